The summed E-state index contributed by atoms with van der Waals surface area (Å²) in [5.74, 6) is -0.175. The van der Waals surface area contributed by atoms with E-state index in [9.17, 15) is 9.59 Å². The molecule has 0 aliphatic carbocycles. The fourth-order valence-corrected chi connectivity index (χ4v) is 2.87. The topological polar surface area (TPSA) is 61.4 Å². The van der Waals surface area contributed by atoms with Crippen LogP contribution in [-0.4, -0.2) is 42.9 Å². The molecule has 5 heteroatoms. The molecular formula is C18H21N3O2. The van der Waals surface area contributed by atoms with Crippen molar-refractivity contribution in [3.05, 3.63) is 42.5 Å². The van der Waals surface area contributed by atoms with Crippen molar-refractivity contribution in [2.24, 2.45) is 0 Å². The second kappa shape index (κ2) is 7.13. The van der Waals surface area contributed by atoms with Crippen molar-refractivity contribution in [2.45, 2.75) is 12.8 Å². The molecular weight excluding hydrogens is 290 g/mol. The number of nitrogens with zero attached hydrogens (tertiary/aromatic N) is 1. The van der Waals surface area contributed by atoms with E-state index in [2.05, 4.69) is 10.6 Å². The molecule has 0 atom stereocenters. The van der Waals surface area contributed by atoms with Crippen molar-refractivity contribution in [3.63, 3.8) is 0 Å². The maximum atomic E-state index is 11.9. The molecule has 2 aromatic rings. The van der Waals surface area contributed by atoms with E-state index in [4.69, 9.17) is 0 Å². The number of amides is 2. The molecule has 1 saturated heterocycles. The number of anilines is 1. The van der Waals surface area contributed by atoms with E-state index in [1.54, 1.807) is 4.90 Å². The summed E-state index contributed by atoms with van der Waals surface area (Å²) in [6.45, 7) is 1.85. The molecule has 120 valence electrons. The summed E-state index contributed by atoms with van der Waals surface area (Å²) < 4.78 is 0. The quantitative estimate of drug-likeness (QED) is 0.888. The SMILES string of the molecule is O=C(CNc1cccc2ccccc12)NCC(=O)N1CCCC1. The van der Waals surface area contributed by atoms with Crippen molar-refractivity contribution in [1.29, 1.82) is 0 Å². The zero-order valence-electron chi connectivity index (χ0n) is 13.0. The molecule has 0 aromatic heterocycles. The minimum absolute atomic E-state index is 0.000936. The lowest BCUT2D eigenvalue weighted by molar-refractivity contribution is -0.131. The normalized spacial score (nSPS) is 14.0. The van der Waals surface area contributed by atoms with Crippen molar-refractivity contribution in [2.75, 3.05) is 31.5 Å². The molecule has 0 radical (unpaired) electrons. The lowest BCUT2D eigenvalue weighted by Crippen LogP contribution is -2.40. The Morgan fingerprint density at radius 1 is 0.957 bits per heavy atom. The smallest absolute Gasteiger partial charge is 0.241 e. The Morgan fingerprint density at radius 3 is 2.52 bits per heavy atom. The van der Waals surface area contributed by atoms with Crippen LogP contribution in [0.2, 0.25) is 0 Å². The fraction of sp³-hybridized carbons (Fsp3) is 0.333. The molecule has 5 nitrogen and oxygen atoms in total. The number of hydrogen-bond acceptors (Lipinski definition) is 3. The van der Waals surface area contributed by atoms with Gasteiger partial charge in [0.15, 0.2) is 0 Å². The number of nitrogens with one attached hydrogen (secondary N) is 2. The van der Waals surface area contributed by atoms with Gasteiger partial charge in [0.05, 0.1) is 13.1 Å². The summed E-state index contributed by atoms with van der Waals surface area (Å²) in [5.41, 5.74) is 0.920. The molecule has 0 unspecified atom stereocenters. The molecule has 0 spiro atoms. The molecule has 0 bridgehead atoms. The van der Waals surface area contributed by atoms with Crippen LogP contribution in [-0.2, 0) is 9.59 Å². The summed E-state index contributed by atoms with van der Waals surface area (Å²) >= 11 is 0. The first-order valence-corrected chi connectivity index (χ1v) is 8.00. The van der Waals surface area contributed by atoms with Crippen LogP contribution in [0.15, 0.2) is 42.5 Å². The van der Waals surface area contributed by atoms with Gasteiger partial charge in [-0.25, -0.2) is 0 Å². The van der Waals surface area contributed by atoms with Gasteiger partial charge in [0, 0.05) is 24.2 Å². The summed E-state index contributed by atoms with van der Waals surface area (Å²) in [7, 11) is 0. The van der Waals surface area contributed by atoms with Gasteiger partial charge in [0.1, 0.15) is 0 Å². The van der Waals surface area contributed by atoms with Crippen LogP contribution in [0, 0.1) is 0 Å². The Balaban J connectivity index is 1.51. The monoisotopic (exact) mass is 311 g/mol. The molecule has 23 heavy (non-hydrogen) atoms. The minimum Gasteiger partial charge on any atom is -0.376 e. The van der Waals surface area contributed by atoms with Gasteiger partial charge >= 0.3 is 0 Å². The number of carbonyl (C=O) groups excluding carboxylic acids is 2. The average molecular weight is 311 g/mol. The van der Waals surface area contributed by atoms with Crippen LogP contribution in [0.4, 0.5) is 5.69 Å². The van der Waals surface area contributed by atoms with E-state index >= 15 is 0 Å². The minimum atomic E-state index is -0.175. The zero-order chi connectivity index (χ0) is 16.1. The first-order chi connectivity index (χ1) is 11.2. The third-order valence-electron chi connectivity index (χ3n) is 4.12. The summed E-state index contributed by atoms with van der Waals surface area (Å²) in [6, 6.07) is 14.0. The lowest BCUT2D eigenvalue weighted by atomic mass is 10.1. The first-order valence-electron chi connectivity index (χ1n) is 8.00. The first kappa shape index (κ1) is 15.3. The van der Waals surface area contributed by atoms with Crippen LogP contribution in [0.1, 0.15) is 12.8 Å². The Bertz CT molecular complexity index is 703. The highest BCUT2D eigenvalue weighted by Gasteiger charge is 2.17. The van der Waals surface area contributed by atoms with Gasteiger partial charge in [-0.2, -0.15) is 0 Å². The van der Waals surface area contributed by atoms with Crippen molar-refractivity contribution in [3.8, 4) is 0 Å². The Kier molecular flexibility index (Phi) is 4.76. The van der Waals surface area contributed by atoms with Gasteiger partial charge < -0.3 is 15.5 Å². The standard InChI is InChI=1S/C18H21N3O2/c22-17(20-13-18(23)21-10-3-4-11-21)12-19-16-9-5-7-14-6-1-2-8-15(14)16/h1-2,5-9,19H,3-4,10-13H2,(H,20,22). The van der Waals surface area contributed by atoms with Crippen molar-refractivity contribution < 1.29 is 9.59 Å². The maximum Gasteiger partial charge on any atom is 0.241 e. The van der Waals surface area contributed by atoms with Crippen molar-refractivity contribution >= 4 is 28.3 Å². The highest BCUT2D eigenvalue weighted by atomic mass is 16.2. The second-order valence-electron chi connectivity index (χ2n) is 5.74. The number of carbonyl (C=O) groups is 2. The van der Waals surface area contributed by atoms with Gasteiger partial charge in [0.2, 0.25) is 11.8 Å². The van der Waals surface area contributed by atoms with Crippen LogP contribution < -0.4 is 10.6 Å². The number of fused-ring (bicyclic) bond motifs is 1. The average Bonchev–Trinajstić information content (AvgIpc) is 3.12. The summed E-state index contributed by atoms with van der Waals surface area (Å²) in [5, 5.41) is 8.04. The molecule has 1 aliphatic heterocycles. The van der Waals surface area contributed by atoms with Gasteiger partial charge in [-0.05, 0) is 24.3 Å². The zero-order valence-corrected chi connectivity index (χ0v) is 13.0. The molecule has 1 fully saturated rings. The maximum absolute atomic E-state index is 11.9. The summed E-state index contributed by atoms with van der Waals surface area (Å²) in [4.78, 5) is 25.6. The van der Waals surface area contributed by atoms with E-state index in [1.165, 1.54) is 0 Å². The summed E-state index contributed by atoms with van der Waals surface area (Å²) in [6.07, 6.45) is 2.12. The third kappa shape index (κ3) is 3.80. The number of likely N-dealkylation sites (tertiary alicyclic amines) is 1. The van der Waals surface area contributed by atoms with E-state index in [-0.39, 0.29) is 24.9 Å². The second-order valence-corrected chi connectivity index (χ2v) is 5.74. The predicted molar refractivity (Wildman–Crippen MR) is 91.3 cm³/mol. The van der Waals surface area contributed by atoms with E-state index in [0.29, 0.717) is 0 Å². The highest BCUT2D eigenvalue weighted by Crippen LogP contribution is 2.22. The van der Waals surface area contributed by atoms with Crippen LogP contribution in [0.3, 0.4) is 0 Å². The van der Waals surface area contributed by atoms with Crippen LogP contribution >= 0.6 is 0 Å². The lowest BCUT2D eigenvalue weighted by Gasteiger charge is -2.15. The van der Waals surface area contributed by atoms with E-state index in [1.807, 2.05) is 42.5 Å². The molecule has 1 aliphatic rings. The largest absolute Gasteiger partial charge is 0.376 e. The van der Waals surface area contributed by atoms with Crippen LogP contribution in [0.5, 0.6) is 0 Å². The van der Waals surface area contributed by atoms with E-state index in [0.717, 1.165) is 42.4 Å². The number of benzene rings is 2. The molecule has 2 aromatic carbocycles. The molecule has 3 rings (SSSR count). The molecule has 1 heterocycles. The van der Waals surface area contributed by atoms with E-state index < -0.39 is 0 Å². The third-order valence-corrected chi connectivity index (χ3v) is 4.12. The predicted octanol–water partition coefficient (Wildman–Crippen LogP) is 1.99. The molecule has 2 amide bonds. The van der Waals surface area contributed by atoms with Gasteiger partial charge in [-0.3, -0.25) is 9.59 Å². The Labute approximate surface area is 135 Å². The molecule has 0 saturated carbocycles. The molecule has 2 N–H and O–H groups in total. The van der Waals surface area contributed by atoms with Gasteiger partial charge in [-0.15, -0.1) is 0 Å². The fourth-order valence-electron chi connectivity index (χ4n) is 2.87. The van der Waals surface area contributed by atoms with Gasteiger partial charge in [0.25, 0.3) is 0 Å². The number of hydrogen-bond donors (Lipinski definition) is 2. The number of rotatable bonds is 5. The van der Waals surface area contributed by atoms with Crippen LogP contribution in [0.25, 0.3) is 10.8 Å². The Morgan fingerprint density at radius 2 is 1.70 bits per heavy atom. The van der Waals surface area contributed by atoms with Gasteiger partial charge in [-0.1, -0.05) is 36.4 Å². The van der Waals surface area contributed by atoms with Crippen molar-refractivity contribution in [1.82, 2.24) is 10.2 Å². The highest BCUT2D eigenvalue weighted by molar-refractivity contribution is 5.95. The Hall–Kier alpha value is -2.56.